The van der Waals surface area contributed by atoms with Crippen molar-refractivity contribution < 1.29 is 8.83 Å². The Kier molecular flexibility index (Phi) is 4.04. The van der Waals surface area contributed by atoms with Crippen molar-refractivity contribution in [3.8, 4) is 11.7 Å². The third-order valence-corrected chi connectivity index (χ3v) is 4.39. The molecule has 1 aliphatic rings. The van der Waals surface area contributed by atoms with Gasteiger partial charge in [0.15, 0.2) is 5.76 Å². The average Bonchev–Trinajstić information content (AvgIpc) is 3.27. The van der Waals surface area contributed by atoms with Crippen LogP contribution in [0.1, 0.15) is 11.5 Å². The van der Waals surface area contributed by atoms with Crippen LogP contribution in [0.25, 0.3) is 11.7 Å². The van der Waals surface area contributed by atoms with Gasteiger partial charge in [-0.3, -0.25) is 4.90 Å². The third-order valence-electron chi connectivity index (χ3n) is 4.39. The van der Waals surface area contributed by atoms with E-state index in [1.807, 2.05) is 12.1 Å². The van der Waals surface area contributed by atoms with Gasteiger partial charge in [0.2, 0.25) is 5.89 Å². The number of para-hydroxylation sites is 1. The van der Waals surface area contributed by atoms with E-state index in [2.05, 4.69) is 51.2 Å². The van der Waals surface area contributed by atoms with Crippen LogP contribution in [0, 0.1) is 6.92 Å². The summed E-state index contributed by atoms with van der Waals surface area (Å²) in [5.74, 6) is 1.68. The summed E-state index contributed by atoms with van der Waals surface area (Å²) in [6, 6.07) is 12.2. The largest absolute Gasteiger partial charge is 0.459 e. The van der Waals surface area contributed by atoms with Crippen LogP contribution in [-0.4, -0.2) is 41.3 Å². The Morgan fingerprint density at radius 2 is 1.83 bits per heavy atom. The van der Waals surface area contributed by atoms with Gasteiger partial charge in [0.25, 0.3) is 5.89 Å². The molecule has 1 fully saturated rings. The first kappa shape index (κ1) is 15.0. The Hall–Kier alpha value is -2.60. The molecule has 0 radical (unpaired) electrons. The number of anilines is 1. The highest BCUT2D eigenvalue weighted by atomic mass is 16.4. The molecule has 0 unspecified atom stereocenters. The Morgan fingerprint density at radius 3 is 2.58 bits per heavy atom. The molecular weight excluding hydrogens is 304 g/mol. The van der Waals surface area contributed by atoms with Gasteiger partial charge in [-0.1, -0.05) is 18.2 Å². The molecule has 4 rings (SSSR count). The lowest BCUT2D eigenvalue weighted by atomic mass is 10.1. The first-order valence-electron chi connectivity index (χ1n) is 8.19. The fraction of sp³-hybridized carbons (Fsp3) is 0.333. The first-order valence-corrected chi connectivity index (χ1v) is 8.19. The summed E-state index contributed by atoms with van der Waals surface area (Å²) >= 11 is 0. The Balaban J connectivity index is 1.36. The van der Waals surface area contributed by atoms with E-state index in [1.54, 1.807) is 6.26 Å². The van der Waals surface area contributed by atoms with Crippen molar-refractivity contribution in [1.29, 1.82) is 0 Å². The maximum Gasteiger partial charge on any atom is 0.283 e. The van der Waals surface area contributed by atoms with Gasteiger partial charge in [0.05, 0.1) is 12.8 Å². The minimum absolute atomic E-state index is 0.438. The number of hydrogen-bond donors (Lipinski definition) is 0. The molecular formula is C18H20N4O2. The molecule has 1 aromatic carbocycles. The highest BCUT2D eigenvalue weighted by Crippen LogP contribution is 2.22. The molecule has 124 valence electrons. The van der Waals surface area contributed by atoms with Crippen LogP contribution in [0.5, 0.6) is 0 Å². The number of aryl methyl sites for hydroxylation is 1. The first-order chi connectivity index (χ1) is 11.8. The van der Waals surface area contributed by atoms with Crippen molar-refractivity contribution in [3.63, 3.8) is 0 Å². The Bertz CT molecular complexity index is 789. The lowest BCUT2D eigenvalue weighted by molar-refractivity contribution is 0.226. The summed E-state index contributed by atoms with van der Waals surface area (Å²) in [5, 5.41) is 8.18. The average molecular weight is 324 g/mol. The Morgan fingerprint density at radius 1 is 1.00 bits per heavy atom. The second kappa shape index (κ2) is 6.49. The molecule has 3 heterocycles. The zero-order valence-corrected chi connectivity index (χ0v) is 13.7. The number of aromatic nitrogens is 2. The molecule has 0 N–H and O–H groups in total. The summed E-state index contributed by atoms with van der Waals surface area (Å²) < 4.78 is 11.0. The fourth-order valence-electron chi connectivity index (χ4n) is 3.07. The van der Waals surface area contributed by atoms with Crippen LogP contribution in [0.15, 0.2) is 51.5 Å². The van der Waals surface area contributed by atoms with Crippen molar-refractivity contribution in [1.82, 2.24) is 15.1 Å². The number of benzene rings is 1. The monoisotopic (exact) mass is 324 g/mol. The normalized spacial score (nSPS) is 15.8. The molecule has 0 amide bonds. The molecule has 0 saturated carbocycles. The zero-order valence-electron chi connectivity index (χ0n) is 13.7. The summed E-state index contributed by atoms with van der Waals surface area (Å²) in [5.41, 5.74) is 2.65. The van der Waals surface area contributed by atoms with Crippen LogP contribution in [-0.2, 0) is 6.54 Å². The van der Waals surface area contributed by atoms with Gasteiger partial charge in [-0.15, -0.1) is 10.2 Å². The molecule has 0 aliphatic carbocycles. The minimum atomic E-state index is 0.438. The third kappa shape index (κ3) is 3.05. The fourth-order valence-corrected chi connectivity index (χ4v) is 3.07. The number of nitrogens with zero attached hydrogens (tertiary/aromatic N) is 4. The van der Waals surface area contributed by atoms with Crippen molar-refractivity contribution >= 4 is 5.69 Å². The second-order valence-electron chi connectivity index (χ2n) is 6.03. The van der Waals surface area contributed by atoms with Crippen molar-refractivity contribution in [3.05, 3.63) is 54.1 Å². The van der Waals surface area contributed by atoms with Crippen LogP contribution in [0.4, 0.5) is 5.69 Å². The molecule has 0 spiro atoms. The molecule has 6 heteroatoms. The summed E-state index contributed by atoms with van der Waals surface area (Å²) in [7, 11) is 0. The topological polar surface area (TPSA) is 58.5 Å². The van der Waals surface area contributed by atoms with E-state index in [1.165, 1.54) is 11.3 Å². The second-order valence-corrected chi connectivity index (χ2v) is 6.03. The molecule has 1 saturated heterocycles. The maximum absolute atomic E-state index is 5.69. The van der Waals surface area contributed by atoms with Gasteiger partial charge in [0, 0.05) is 31.9 Å². The summed E-state index contributed by atoms with van der Waals surface area (Å²) in [6.45, 7) is 6.80. The van der Waals surface area contributed by atoms with Gasteiger partial charge in [-0.05, 0) is 30.7 Å². The quantitative estimate of drug-likeness (QED) is 0.735. The summed E-state index contributed by atoms with van der Waals surface area (Å²) in [4.78, 5) is 4.78. The van der Waals surface area contributed by atoms with Crippen LogP contribution >= 0.6 is 0 Å². The van der Waals surface area contributed by atoms with E-state index in [4.69, 9.17) is 8.83 Å². The van der Waals surface area contributed by atoms with Crippen LogP contribution in [0.3, 0.4) is 0 Å². The van der Waals surface area contributed by atoms with Crippen LogP contribution in [0.2, 0.25) is 0 Å². The van der Waals surface area contributed by atoms with Gasteiger partial charge in [-0.25, -0.2) is 0 Å². The van der Waals surface area contributed by atoms with E-state index in [0.29, 0.717) is 24.1 Å². The van der Waals surface area contributed by atoms with E-state index in [-0.39, 0.29) is 0 Å². The minimum Gasteiger partial charge on any atom is -0.459 e. The molecule has 6 nitrogen and oxygen atoms in total. The number of piperazine rings is 1. The predicted octanol–water partition coefficient (Wildman–Crippen LogP) is 2.96. The number of furan rings is 1. The van der Waals surface area contributed by atoms with Gasteiger partial charge < -0.3 is 13.7 Å². The highest BCUT2D eigenvalue weighted by Gasteiger charge is 2.20. The van der Waals surface area contributed by atoms with E-state index in [0.717, 1.165) is 26.2 Å². The lowest BCUT2D eigenvalue weighted by Gasteiger charge is -2.36. The van der Waals surface area contributed by atoms with E-state index >= 15 is 0 Å². The van der Waals surface area contributed by atoms with Crippen molar-refractivity contribution in [2.24, 2.45) is 0 Å². The molecule has 0 atom stereocenters. The standard InChI is InChI=1S/C18H20N4O2/c1-14-5-2-3-6-15(14)22-10-8-21(9-11-22)13-17-19-20-18(24-17)16-7-4-12-23-16/h2-7,12H,8-11,13H2,1H3. The van der Waals surface area contributed by atoms with Crippen molar-refractivity contribution in [2.75, 3.05) is 31.1 Å². The number of rotatable bonds is 4. The van der Waals surface area contributed by atoms with Gasteiger partial charge in [-0.2, -0.15) is 0 Å². The zero-order chi connectivity index (χ0) is 16.4. The summed E-state index contributed by atoms with van der Waals surface area (Å²) in [6.07, 6.45) is 1.60. The maximum atomic E-state index is 5.69. The molecule has 0 bridgehead atoms. The number of hydrogen-bond acceptors (Lipinski definition) is 6. The Labute approximate surface area is 140 Å². The van der Waals surface area contributed by atoms with Gasteiger partial charge in [0.1, 0.15) is 0 Å². The predicted molar refractivity (Wildman–Crippen MR) is 90.7 cm³/mol. The molecule has 1 aliphatic heterocycles. The SMILES string of the molecule is Cc1ccccc1N1CCN(Cc2nnc(-c3ccco3)o2)CC1. The molecule has 24 heavy (non-hydrogen) atoms. The molecule has 2 aromatic heterocycles. The van der Waals surface area contributed by atoms with Gasteiger partial charge >= 0.3 is 0 Å². The molecule has 3 aromatic rings. The smallest absolute Gasteiger partial charge is 0.283 e. The van der Waals surface area contributed by atoms with Crippen molar-refractivity contribution in [2.45, 2.75) is 13.5 Å². The van der Waals surface area contributed by atoms with E-state index < -0.39 is 0 Å². The van der Waals surface area contributed by atoms with E-state index in [9.17, 15) is 0 Å². The van der Waals surface area contributed by atoms with Crippen LogP contribution < -0.4 is 4.90 Å². The lowest BCUT2D eigenvalue weighted by Crippen LogP contribution is -2.46. The highest BCUT2D eigenvalue weighted by molar-refractivity contribution is 5.53.